The van der Waals surface area contributed by atoms with Gasteiger partial charge in [-0.1, -0.05) is 6.92 Å². The summed E-state index contributed by atoms with van der Waals surface area (Å²) >= 11 is 0. The van der Waals surface area contributed by atoms with E-state index in [1.54, 1.807) is 7.11 Å². The fraction of sp³-hybridized carbons (Fsp3) is 0.545. The van der Waals surface area contributed by atoms with Crippen molar-refractivity contribution in [1.29, 1.82) is 0 Å². The number of hydrogen-bond acceptors (Lipinski definition) is 4. The molecular weight excluding hydrogens is 190 g/mol. The maximum Gasteiger partial charge on any atom is 0.213 e. The van der Waals surface area contributed by atoms with Crippen molar-refractivity contribution in [1.82, 2.24) is 4.98 Å². The summed E-state index contributed by atoms with van der Waals surface area (Å²) in [5, 5.41) is 1.84. The lowest BCUT2D eigenvalue weighted by Gasteiger charge is -2.34. The van der Waals surface area contributed by atoms with Crippen LogP contribution in [0.2, 0.25) is 0 Å². The molecule has 2 N–H and O–H groups in total. The van der Waals surface area contributed by atoms with Crippen LogP contribution in [-0.4, -0.2) is 18.1 Å². The Bertz CT molecular complexity index is 354. The number of pyridine rings is 1. The first kappa shape index (κ1) is 10.2. The minimum atomic E-state index is 0.438. The molecule has 1 aliphatic rings. The lowest BCUT2D eigenvalue weighted by molar-refractivity contribution is 0.394. The average Bonchev–Trinajstić information content (AvgIpc) is 2.29. The van der Waals surface area contributed by atoms with Crippen molar-refractivity contribution in [2.45, 2.75) is 32.2 Å². The second-order valence-electron chi connectivity index (χ2n) is 3.83. The summed E-state index contributed by atoms with van der Waals surface area (Å²) in [6.45, 7) is 2.16. The summed E-state index contributed by atoms with van der Waals surface area (Å²) < 4.78 is 5.10. The molecule has 0 spiro atoms. The molecule has 4 nitrogen and oxygen atoms in total. The third kappa shape index (κ3) is 1.77. The predicted octanol–water partition coefficient (Wildman–Crippen LogP) is 1.50. The molecule has 4 heteroatoms. The molecule has 0 amide bonds. The SMILES string of the molecule is CCC1CCc2nc(OC)ccc2N1N. The zero-order chi connectivity index (χ0) is 10.8. The Balaban J connectivity index is 2.33. The molecule has 0 fully saturated rings. The van der Waals surface area contributed by atoms with Crippen molar-refractivity contribution in [3.8, 4) is 5.88 Å². The molecule has 1 unspecified atom stereocenters. The first-order valence-corrected chi connectivity index (χ1v) is 5.34. The van der Waals surface area contributed by atoms with Gasteiger partial charge in [0.05, 0.1) is 18.5 Å². The minimum absolute atomic E-state index is 0.438. The first-order valence-electron chi connectivity index (χ1n) is 5.34. The van der Waals surface area contributed by atoms with Crippen LogP contribution in [0, 0.1) is 0 Å². The van der Waals surface area contributed by atoms with E-state index < -0.39 is 0 Å². The highest BCUT2D eigenvalue weighted by atomic mass is 16.5. The third-order valence-electron chi connectivity index (χ3n) is 2.99. The highest BCUT2D eigenvalue weighted by Crippen LogP contribution is 2.29. The van der Waals surface area contributed by atoms with E-state index in [1.165, 1.54) is 0 Å². The van der Waals surface area contributed by atoms with E-state index in [-0.39, 0.29) is 0 Å². The fourth-order valence-electron chi connectivity index (χ4n) is 2.05. The van der Waals surface area contributed by atoms with E-state index in [0.717, 1.165) is 30.6 Å². The molecule has 1 atom stereocenters. The third-order valence-corrected chi connectivity index (χ3v) is 2.99. The second kappa shape index (κ2) is 4.06. The van der Waals surface area contributed by atoms with Crippen molar-refractivity contribution in [3.05, 3.63) is 17.8 Å². The largest absolute Gasteiger partial charge is 0.481 e. The number of aryl methyl sites for hydroxylation is 1. The maximum absolute atomic E-state index is 6.05. The molecule has 2 heterocycles. The number of anilines is 1. The quantitative estimate of drug-likeness (QED) is 0.747. The van der Waals surface area contributed by atoms with Crippen LogP contribution >= 0.6 is 0 Å². The van der Waals surface area contributed by atoms with Crippen LogP contribution in [0.25, 0.3) is 0 Å². The summed E-state index contributed by atoms with van der Waals surface area (Å²) in [6.07, 6.45) is 3.13. The number of methoxy groups -OCH3 is 1. The van der Waals surface area contributed by atoms with Crippen LogP contribution < -0.4 is 15.6 Å². The van der Waals surface area contributed by atoms with Gasteiger partial charge in [0.1, 0.15) is 0 Å². The molecule has 0 saturated carbocycles. The predicted molar refractivity (Wildman–Crippen MR) is 59.9 cm³/mol. The Hall–Kier alpha value is -1.29. The van der Waals surface area contributed by atoms with Crippen molar-refractivity contribution in [3.63, 3.8) is 0 Å². The Labute approximate surface area is 90.0 Å². The van der Waals surface area contributed by atoms with Gasteiger partial charge in [0, 0.05) is 12.1 Å². The van der Waals surface area contributed by atoms with Gasteiger partial charge < -0.3 is 9.75 Å². The number of rotatable bonds is 2. The average molecular weight is 207 g/mol. The fourth-order valence-corrected chi connectivity index (χ4v) is 2.05. The van der Waals surface area contributed by atoms with Crippen molar-refractivity contribution < 1.29 is 4.74 Å². The molecule has 82 valence electrons. The number of nitrogens with zero attached hydrogens (tertiary/aromatic N) is 2. The Morgan fingerprint density at radius 2 is 2.40 bits per heavy atom. The standard InChI is InChI=1S/C11H17N3O/c1-3-8-4-5-9-10(14(8)12)6-7-11(13-9)15-2/h6-8H,3-5,12H2,1-2H3. The van der Waals surface area contributed by atoms with Crippen LogP contribution in [0.4, 0.5) is 5.69 Å². The van der Waals surface area contributed by atoms with Gasteiger partial charge in [-0.05, 0) is 25.3 Å². The summed E-state index contributed by atoms with van der Waals surface area (Å²) in [4.78, 5) is 4.41. The topological polar surface area (TPSA) is 51.4 Å². The van der Waals surface area contributed by atoms with Gasteiger partial charge in [0.15, 0.2) is 0 Å². The minimum Gasteiger partial charge on any atom is -0.481 e. The molecule has 1 aromatic rings. The van der Waals surface area contributed by atoms with E-state index >= 15 is 0 Å². The first-order chi connectivity index (χ1) is 7.26. The summed E-state index contributed by atoms with van der Waals surface area (Å²) in [6, 6.07) is 4.28. The Kier molecular flexibility index (Phi) is 2.77. The highest BCUT2D eigenvalue weighted by molar-refractivity contribution is 5.53. The molecule has 0 aliphatic carbocycles. The van der Waals surface area contributed by atoms with E-state index in [0.29, 0.717) is 11.9 Å². The molecule has 0 bridgehead atoms. The smallest absolute Gasteiger partial charge is 0.213 e. The monoisotopic (exact) mass is 207 g/mol. The van der Waals surface area contributed by atoms with Crippen LogP contribution in [0.3, 0.4) is 0 Å². The highest BCUT2D eigenvalue weighted by Gasteiger charge is 2.23. The van der Waals surface area contributed by atoms with Gasteiger partial charge in [-0.25, -0.2) is 10.8 Å². The van der Waals surface area contributed by atoms with Gasteiger partial charge >= 0.3 is 0 Å². The van der Waals surface area contributed by atoms with Crippen molar-refractivity contribution in [2.24, 2.45) is 5.84 Å². The van der Waals surface area contributed by atoms with Crippen LogP contribution in [0.15, 0.2) is 12.1 Å². The van der Waals surface area contributed by atoms with E-state index in [2.05, 4.69) is 11.9 Å². The summed E-state index contributed by atoms with van der Waals surface area (Å²) in [7, 11) is 1.63. The van der Waals surface area contributed by atoms with Crippen LogP contribution in [-0.2, 0) is 6.42 Å². The molecule has 1 aliphatic heterocycles. The number of hydrazine groups is 1. The Morgan fingerprint density at radius 1 is 1.60 bits per heavy atom. The van der Waals surface area contributed by atoms with E-state index in [1.807, 2.05) is 17.1 Å². The van der Waals surface area contributed by atoms with Crippen molar-refractivity contribution in [2.75, 3.05) is 12.1 Å². The number of nitrogens with two attached hydrogens (primary N) is 1. The zero-order valence-corrected chi connectivity index (χ0v) is 9.23. The lowest BCUT2D eigenvalue weighted by Crippen LogP contribution is -2.44. The van der Waals surface area contributed by atoms with E-state index in [9.17, 15) is 0 Å². The summed E-state index contributed by atoms with van der Waals surface area (Å²) in [5.74, 6) is 6.71. The number of fused-ring (bicyclic) bond motifs is 1. The second-order valence-corrected chi connectivity index (χ2v) is 3.83. The molecule has 0 aromatic carbocycles. The zero-order valence-electron chi connectivity index (χ0n) is 9.23. The molecule has 0 radical (unpaired) electrons. The molecule has 2 rings (SSSR count). The molecule has 0 saturated heterocycles. The number of ether oxygens (including phenoxy) is 1. The van der Waals surface area contributed by atoms with Crippen molar-refractivity contribution >= 4 is 5.69 Å². The van der Waals surface area contributed by atoms with Crippen LogP contribution in [0.1, 0.15) is 25.5 Å². The van der Waals surface area contributed by atoms with Gasteiger partial charge in [-0.2, -0.15) is 0 Å². The van der Waals surface area contributed by atoms with Crippen LogP contribution in [0.5, 0.6) is 5.88 Å². The lowest BCUT2D eigenvalue weighted by atomic mass is 10.00. The Morgan fingerprint density at radius 3 is 3.07 bits per heavy atom. The van der Waals surface area contributed by atoms with Gasteiger partial charge in [0.2, 0.25) is 5.88 Å². The van der Waals surface area contributed by atoms with Gasteiger partial charge in [-0.15, -0.1) is 0 Å². The van der Waals surface area contributed by atoms with Gasteiger partial charge in [-0.3, -0.25) is 0 Å². The number of aromatic nitrogens is 1. The van der Waals surface area contributed by atoms with Gasteiger partial charge in [0.25, 0.3) is 0 Å². The normalized spacial score (nSPS) is 19.9. The molecule has 1 aromatic heterocycles. The molecular formula is C11H17N3O. The summed E-state index contributed by atoms with van der Waals surface area (Å²) in [5.41, 5.74) is 2.08. The molecule has 15 heavy (non-hydrogen) atoms. The number of hydrogen-bond donors (Lipinski definition) is 1. The maximum atomic E-state index is 6.05. The van der Waals surface area contributed by atoms with E-state index in [4.69, 9.17) is 10.6 Å².